The maximum atomic E-state index is 13.2. The van der Waals surface area contributed by atoms with Crippen molar-refractivity contribution in [3.63, 3.8) is 0 Å². The fourth-order valence-electron chi connectivity index (χ4n) is 2.32. The SMILES string of the molecule is COCCc1ccc(-c2csc(NC(=O)c3cccc(F)c3)n2)cc1. The van der Waals surface area contributed by atoms with Crippen molar-refractivity contribution in [1.29, 1.82) is 0 Å². The van der Waals surface area contributed by atoms with E-state index in [1.165, 1.54) is 35.1 Å². The number of carbonyl (C=O) groups is 1. The number of nitrogens with zero attached hydrogens (tertiary/aromatic N) is 1. The Bertz CT molecular complexity index is 862. The molecule has 0 bridgehead atoms. The molecule has 1 N–H and O–H groups in total. The van der Waals surface area contributed by atoms with E-state index in [4.69, 9.17) is 4.74 Å². The summed E-state index contributed by atoms with van der Waals surface area (Å²) in [7, 11) is 1.68. The Balaban J connectivity index is 1.68. The molecule has 0 spiro atoms. The number of anilines is 1. The first-order valence-electron chi connectivity index (χ1n) is 7.76. The van der Waals surface area contributed by atoms with Gasteiger partial charge in [0.15, 0.2) is 5.13 Å². The number of halogens is 1. The van der Waals surface area contributed by atoms with E-state index in [1.807, 2.05) is 29.6 Å². The second-order valence-electron chi connectivity index (χ2n) is 5.44. The molecule has 0 saturated carbocycles. The third-order valence-corrected chi connectivity index (χ3v) is 4.41. The molecule has 25 heavy (non-hydrogen) atoms. The molecule has 0 aliphatic heterocycles. The zero-order valence-electron chi connectivity index (χ0n) is 13.7. The summed E-state index contributed by atoms with van der Waals surface area (Å²) >= 11 is 1.33. The third kappa shape index (κ3) is 4.49. The molecule has 1 heterocycles. The first-order chi connectivity index (χ1) is 12.2. The van der Waals surface area contributed by atoms with Crippen LogP contribution in [-0.2, 0) is 11.2 Å². The lowest BCUT2D eigenvalue weighted by molar-refractivity contribution is 0.102. The Labute approximate surface area is 149 Å². The summed E-state index contributed by atoms with van der Waals surface area (Å²) in [6.07, 6.45) is 0.864. The van der Waals surface area contributed by atoms with E-state index < -0.39 is 5.82 Å². The summed E-state index contributed by atoms with van der Waals surface area (Å²) in [5, 5.41) is 5.06. The quantitative estimate of drug-likeness (QED) is 0.713. The maximum absolute atomic E-state index is 13.2. The van der Waals surface area contributed by atoms with Crippen molar-refractivity contribution in [2.45, 2.75) is 6.42 Å². The van der Waals surface area contributed by atoms with Crippen molar-refractivity contribution >= 4 is 22.4 Å². The largest absolute Gasteiger partial charge is 0.384 e. The number of carbonyl (C=O) groups excluding carboxylic acids is 1. The minimum Gasteiger partial charge on any atom is -0.384 e. The van der Waals surface area contributed by atoms with Crippen LogP contribution in [0.2, 0.25) is 0 Å². The highest BCUT2D eigenvalue weighted by atomic mass is 32.1. The number of rotatable bonds is 6. The van der Waals surface area contributed by atoms with E-state index >= 15 is 0 Å². The van der Waals surface area contributed by atoms with E-state index in [0.717, 1.165) is 17.7 Å². The van der Waals surface area contributed by atoms with Gasteiger partial charge in [0.05, 0.1) is 12.3 Å². The molecule has 3 aromatic rings. The monoisotopic (exact) mass is 356 g/mol. The number of ether oxygens (including phenoxy) is 1. The summed E-state index contributed by atoms with van der Waals surface area (Å²) in [4.78, 5) is 16.6. The van der Waals surface area contributed by atoms with Crippen LogP contribution in [0.1, 0.15) is 15.9 Å². The molecule has 1 amide bonds. The number of hydrogen-bond acceptors (Lipinski definition) is 4. The van der Waals surface area contributed by atoms with Gasteiger partial charge in [-0.2, -0.15) is 0 Å². The smallest absolute Gasteiger partial charge is 0.257 e. The summed E-state index contributed by atoms with van der Waals surface area (Å²) in [6.45, 7) is 0.687. The third-order valence-electron chi connectivity index (χ3n) is 3.66. The zero-order chi connectivity index (χ0) is 17.6. The van der Waals surface area contributed by atoms with Gasteiger partial charge in [0, 0.05) is 23.6 Å². The average Bonchev–Trinajstić information content (AvgIpc) is 3.09. The first-order valence-corrected chi connectivity index (χ1v) is 8.64. The van der Waals surface area contributed by atoms with Crippen molar-refractivity contribution in [2.75, 3.05) is 19.0 Å². The van der Waals surface area contributed by atoms with Crippen molar-refractivity contribution in [3.05, 3.63) is 70.9 Å². The predicted octanol–water partition coefficient (Wildman–Crippen LogP) is 4.39. The lowest BCUT2D eigenvalue weighted by Crippen LogP contribution is -2.11. The van der Waals surface area contributed by atoms with E-state index in [2.05, 4.69) is 10.3 Å². The van der Waals surface area contributed by atoms with Gasteiger partial charge in [0.1, 0.15) is 5.82 Å². The molecule has 128 valence electrons. The summed E-state index contributed by atoms with van der Waals surface area (Å²) in [5.74, 6) is -0.823. The van der Waals surface area contributed by atoms with Crippen molar-refractivity contribution in [2.24, 2.45) is 0 Å². The van der Waals surface area contributed by atoms with Gasteiger partial charge in [-0.1, -0.05) is 30.3 Å². The van der Waals surface area contributed by atoms with Crippen LogP contribution in [0.15, 0.2) is 53.9 Å². The molecule has 2 aromatic carbocycles. The van der Waals surface area contributed by atoms with Gasteiger partial charge in [-0.05, 0) is 30.2 Å². The van der Waals surface area contributed by atoms with Gasteiger partial charge in [-0.3, -0.25) is 10.1 Å². The molecule has 0 atom stereocenters. The second-order valence-corrected chi connectivity index (χ2v) is 6.30. The van der Waals surface area contributed by atoms with Crippen LogP contribution in [0.3, 0.4) is 0 Å². The van der Waals surface area contributed by atoms with Crippen LogP contribution < -0.4 is 5.32 Å². The second kappa shape index (κ2) is 8.00. The van der Waals surface area contributed by atoms with Gasteiger partial charge >= 0.3 is 0 Å². The van der Waals surface area contributed by atoms with Gasteiger partial charge in [-0.15, -0.1) is 11.3 Å². The molecule has 0 aliphatic carbocycles. The highest BCUT2D eigenvalue weighted by Crippen LogP contribution is 2.25. The molecule has 0 aliphatic rings. The molecule has 0 unspecified atom stereocenters. The number of hydrogen-bond donors (Lipinski definition) is 1. The van der Waals surface area contributed by atoms with E-state index in [9.17, 15) is 9.18 Å². The number of nitrogens with one attached hydrogen (secondary N) is 1. The minimum atomic E-state index is -0.443. The molecule has 0 radical (unpaired) electrons. The Kier molecular flexibility index (Phi) is 5.53. The molecule has 0 fully saturated rings. The fraction of sp³-hybridized carbons (Fsp3) is 0.158. The Hall–Kier alpha value is -2.57. The lowest BCUT2D eigenvalue weighted by atomic mass is 10.1. The van der Waals surface area contributed by atoms with E-state index in [-0.39, 0.29) is 11.5 Å². The van der Waals surface area contributed by atoms with Crippen molar-refractivity contribution in [1.82, 2.24) is 4.98 Å². The number of benzene rings is 2. The van der Waals surface area contributed by atoms with Crippen molar-refractivity contribution < 1.29 is 13.9 Å². The summed E-state index contributed by atoms with van der Waals surface area (Å²) < 4.78 is 18.3. The number of thiazole rings is 1. The Morgan fingerprint density at radius 2 is 2.04 bits per heavy atom. The van der Waals surface area contributed by atoms with Gasteiger partial charge in [0.2, 0.25) is 0 Å². The van der Waals surface area contributed by atoms with Gasteiger partial charge in [0.25, 0.3) is 5.91 Å². The van der Waals surface area contributed by atoms with Gasteiger partial charge < -0.3 is 4.74 Å². The van der Waals surface area contributed by atoms with Crippen molar-refractivity contribution in [3.8, 4) is 11.3 Å². The summed E-state index contributed by atoms with van der Waals surface area (Å²) in [6, 6.07) is 13.6. The Morgan fingerprint density at radius 1 is 1.24 bits per heavy atom. The molecule has 6 heteroatoms. The molecular weight excluding hydrogens is 339 g/mol. The summed E-state index contributed by atoms with van der Waals surface area (Å²) in [5.41, 5.74) is 3.22. The predicted molar refractivity (Wildman–Crippen MR) is 97.5 cm³/mol. The zero-order valence-corrected chi connectivity index (χ0v) is 14.5. The van der Waals surface area contributed by atoms with Crippen LogP contribution in [0.4, 0.5) is 9.52 Å². The van der Waals surface area contributed by atoms with Crippen LogP contribution in [0, 0.1) is 5.82 Å². The Morgan fingerprint density at radius 3 is 2.76 bits per heavy atom. The maximum Gasteiger partial charge on any atom is 0.257 e. The standard InChI is InChI=1S/C19H17FN2O2S/c1-24-10-9-13-5-7-14(8-6-13)17-12-25-19(21-17)22-18(23)15-3-2-4-16(20)11-15/h2-8,11-12H,9-10H2,1H3,(H,21,22,23). The number of methoxy groups -OCH3 is 1. The highest BCUT2D eigenvalue weighted by molar-refractivity contribution is 7.14. The molecule has 4 nitrogen and oxygen atoms in total. The van der Waals surface area contributed by atoms with Crippen LogP contribution in [-0.4, -0.2) is 24.6 Å². The first kappa shape index (κ1) is 17.3. The van der Waals surface area contributed by atoms with Crippen LogP contribution in [0.5, 0.6) is 0 Å². The minimum absolute atomic E-state index is 0.263. The lowest BCUT2D eigenvalue weighted by Gasteiger charge is -2.03. The van der Waals surface area contributed by atoms with Crippen LogP contribution in [0.25, 0.3) is 11.3 Å². The highest BCUT2D eigenvalue weighted by Gasteiger charge is 2.10. The van der Waals surface area contributed by atoms with E-state index in [1.54, 1.807) is 13.2 Å². The average molecular weight is 356 g/mol. The van der Waals surface area contributed by atoms with Gasteiger partial charge in [-0.25, -0.2) is 9.37 Å². The van der Waals surface area contributed by atoms with Crippen LogP contribution >= 0.6 is 11.3 Å². The topological polar surface area (TPSA) is 51.2 Å². The molecule has 3 rings (SSSR count). The molecular formula is C19H17FN2O2S. The van der Waals surface area contributed by atoms with E-state index in [0.29, 0.717) is 11.7 Å². The normalized spacial score (nSPS) is 10.6. The number of amides is 1. The molecule has 0 saturated heterocycles. The number of aromatic nitrogens is 1. The fourth-order valence-corrected chi connectivity index (χ4v) is 3.04. The molecule has 1 aromatic heterocycles.